The lowest BCUT2D eigenvalue weighted by atomic mass is 9.98. The molecule has 0 spiro atoms. The van der Waals surface area contributed by atoms with E-state index in [1.807, 2.05) is 29.6 Å². The van der Waals surface area contributed by atoms with Gasteiger partial charge in [0.2, 0.25) is 0 Å². The summed E-state index contributed by atoms with van der Waals surface area (Å²) in [5, 5.41) is 9.34. The number of likely N-dealkylation sites (tertiary alicyclic amines) is 1. The van der Waals surface area contributed by atoms with Crippen LogP contribution in [0.2, 0.25) is 0 Å². The number of nitrogens with one attached hydrogen (secondary N) is 2. The van der Waals surface area contributed by atoms with Crippen LogP contribution in [0.5, 0.6) is 0 Å². The predicted molar refractivity (Wildman–Crippen MR) is 136 cm³/mol. The van der Waals surface area contributed by atoms with Crippen LogP contribution in [-0.2, 0) is 14.3 Å². The van der Waals surface area contributed by atoms with Crippen LogP contribution in [-0.4, -0.2) is 79.9 Å². The van der Waals surface area contributed by atoms with E-state index >= 15 is 0 Å². The molecule has 0 saturated carbocycles. The summed E-state index contributed by atoms with van der Waals surface area (Å²) in [6.45, 7) is 4.57. The molecule has 4 rings (SSSR count). The van der Waals surface area contributed by atoms with Crippen LogP contribution in [0, 0.1) is 0 Å². The van der Waals surface area contributed by atoms with Gasteiger partial charge in [-0.05, 0) is 37.2 Å². The predicted octanol–water partition coefficient (Wildman–Crippen LogP) is 2.46. The van der Waals surface area contributed by atoms with Crippen LogP contribution in [0.4, 0.5) is 11.4 Å². The molecule has 0 aliphatic carbocycles. The Balaban J connectivity index is 1.32. The van der Waals surface area contributed by atoms with Gasteiger partial charge in [0.1, 0.15) is 12.2 Å². The lowest BCUT2D eigenvalue weighted by molar-refractivity contribution is -0.139. The summed E-state index contributed by atoms with van der Waals surface area (Å²) in [6.07, 6.45) is 1.77. The first kappa shape index (κ1) is 24.4. The third-order valence-corrected chi connectivity index (χ3v) is 7.41. The van der Waals surface area contributed by atoms with Gasteiger partial charge in [0.05, 0.1) is 36.7 Å². The molecule has 2 aromatic rings. The number of hydrogen-bond donors (Lipinski definition) is 2. The van der Waals surface area contributed by atoms with Crippen molar-refractivity contribution in [3.63, 3.8) is 0 Å². The average molecular weight is 504 g/mol. The summed E-state index contributed by atoms with van der Waals surface area (Å²) in [6, 6.07) is 7.84. The van der Waals surface area contributed by atoms with Crippen molar-refractivity contribution in [2.24, 2.45) is 0 Å². The van der Waals surface area contributed by atoms with E-state index in [9.17, 15) is 9.59 Å². The summed E-state index contributed by atoms with van der Waals surface area (Å²) in [5.41, 5.74) is 2.22. The molecule has 9 nitrogen and oxygen atoms in total. The van der Waals surface area contributed by atoms with Gasteiger partial charge in [0, 0.05) is 37.5 Å². The lowest BCUT2D eigenvalue weighted by Crippen LogP contribution is -2.45. The minimum Gasteiger partial charge on any atom is -0.468 e. The van der Waals surface area contributed by atoms with Gasteiger partial charge < -0.3 is 29.9 Å². The fourth-order valence-electron chi connectivity index (χ4n) is 4.09. The fourth-order valence-corrected chi connectivity index (χ4v) is 5.31. The number of aromatic nitrogens is 1. The number of para-hydroxylation sites is 2. The minimum atomic E-state index is -0.349. The molecule has 2 fully saturated rings. The average Bonchev–Trinajstić information content (AvgIpc) is 3.38. The van der Waals surface area contributed by atoms with Crippen molar-refractivity contribution < 1.29 is 19.1 Å². The van der Waals surface area contributed by atoms with E-state index in [1.165, 1.54) is 18.4 Å². The van der Waals surface area contributed by atoms with E-state index in [-0.39, 0.29) is 24.3 Å². The second-order valence-electron chi connectivity index (χ2n) is 8.14. The highest BCUT2D eigenvalue weighted by Gasteiger charge is 2.26. The van der Waals surface area contributed by atoms with Crippen molar-refractivity contribution in [1.29, 1.82) is 0 Å². The molecule has 2 saturated heterocycles. The number of morpholine rings is 1. The van der Waals surface area contributed by atoms with Crippen molar-refractivity contribution in [3.8, 4) is 0 Å². The Hall–Kier alpha value is -2.76. The van der Waals surface area contributed by atoms with Crippen LogP contribution in [0.15, 0.2) is 29.6 Å². The Labute approximate surface area is 208 Å². The number of benzene rings is 1. The third-order valence-electron chi connectivity index (χ3n) is 6.00. The van der Waals surface area contributed by atoms with E-state index in [4.69, 9.17) is 17.0 Å². The maximum absolute atomic E-state index is 13.0. The molecule has 0 atom stereocenters. The standard InChI is InChI=1S/C23H29N5O4S2/c1-31-20(29)14-24-23(33)28-8-6-16(7-9-28)22-26-18(15-34-22)21(30)25-17-4-2-3-5-19(17)27-10-12-32-13-11-27/h2-5,15-16H,6-14H2,1H3,(H,24,33)(H,25,30). The van der Waals surface area contributed by atoms with Gasteiger partial charge in [-0.3, -0.25) is 9.59 Å². The van der Waals surface area contributed by atoms with Gasteiger partial charge in [0.25, 0.3) is 5.91 Å². The maximum atomic E-state index is 13.0. The highest BCUT2D eigenvalue weighted by atomic mass is 32.1. The van der Waals surface area contributed by atoms with Crippen molar-refractivity contribution >= 4 is 51.9 Å². The fraction of sp³-hybridized carbons (Fsp3) is 0.478. The quantitative estimate of drug-likeness (QED) is 0.455. The summed E-state index contributed by atoms with van der Waals surface area (Å²) in [4.78, 5) is 33.2. The van der Waals surface area contributed by atoms with Gasteiger partial charge in [0.15, 0.2) is 5.11 Å². The van der Waals surface area contributed by atoms with Crippen LogP contribution in [0.3, 0.4) is 0 Å². The van der Waals surface area contributed by atoms with Crippen LogP contribution >= 0.6 is 23.6 Å². The summed E-state index contributed by atoms with van der Waals surface area (Å²) >= 11 is 6.91. The molecule has 0 radical (unpaired) electrons. The number of thiazole rings is 1. The monoisotopic (exact) mass is 503 g/mol. The third kappa shape index (κ3) is 6.02. The molecular formula is C23H29N5O4S2. The highest BCUT2D eigenvalue weighted by Crippen LogP contribution is 2.31. The number of amides is 1. The van der Waals surface area contributed by atoms with E-state index in [0.29, 0.717) is 24.0 Å². The molecule has 0 unspecified atom stereocenters. The Kier molecular flexibility index (Phi) is 8.30. The molecule has 11 heteroatoms. The van der Waals surface area contributed by atoms with Crippen LogP contribution in [0.1, 0.15) is 34.3 Å². The number of piperidine rings is 1. The van der Waals surface area contributed by atoms with E-state index < -0.39 is 0 Å². The van der Waals surface area contributed by atoms with Gasteiger partial charge in [-0.15, -0.1) is 11.3 Å². The second-order valence-corrected chi connectivity index (χ2v) is 9.41. The summed E-state index contributed by atoms with van der Waals surface area (Å²) in [5.74, 6) is -0.265. The highest BCUT2D eigenvalue weighted by molar-refractivity contribution is 7.80. The maximum Gasteiger partial charge on any atom is 0.325 e. The minimum absolute atomic E-state index is 0.0644. The largest absolute Gasteiger partial charge is 0.468 e. The topological polar surface area (TPSA) is 96.0 Å². The number of methoxy groups -OCH3 is 1. The first-order valence-corrected chi connectivity index (χ1v) is 12.6. The Bertz CT molecular complexity index is 1020. The zero-order valence-electron chi connectivity index (χ0n) is 19.1. The van der Waals surface area contributed by atoms with Gasteiger partial charge in [-0.2, -0.15) is 0 Å². The Morgan fingerprint density at radius 1 is 1.21 bits per heavy atom. The van der Waals surface area contributed by atoms with Crippen molar-refractivity contribution in [3.05, 3.63) is 40.3 Å². The number of carbonyl (C=O) groups is 2. The van der Waals surface area contributed by atoms with E-state index in [0.717, 1.165) is 55.4 Å². The molecular weight excluding hydrogens is 474 g/mol. The first-order valence-electron chi connectivity index (χ1n) is 11.3. The van der Waals surface area contributed by atoms with Crippen molar-refractivity contribution in [2.75, 3.05) is 63.3 Å². The molecule has 2 aliphatic heterocycles. The smallest absolute Gasteiger partial charge is 0.325 e. The number of rotatable bonds is 6. The van der Waals surface area contributed by atoms with Crippen LogP contribution < -0.4 is 15.5 Å². The van der Waals surface area contributed by atoms with Crippen molar-refractivity contribution in [1.82, 2.24) is 15.2 Å². The molecule has 2 N–H and O–H groups in total. The van der Waals surface area contributed by atoms with E-state index in [2.05, 4.69) is 30.2 Å². The number of anilines is 2. The normalized spacial score (nSPS) is 16.7. The molecule has 34 heavy (non-hydrogen) atoms. The number of carbonyl (C=O) groups excluding carboxylic acids is 2. The lowest BCUT2D eigenvalue weighted by Gasteiger charge is -2.33. The number of hydrogen-bond acceptors (Lipinski definition) is 8. The van der Waals surface area contributed by atoms with Crippen LogP contribution in [0.25, 0.3) is 0 Å². The first-order chi connectivity index (χ1) is 16.5. The number of thiocarbonyl (C=S) groups is 1. The van der Waals surface area contributed by atoms with Gasteiger partial charge >= 0.3 is 5.97 Å². The number of ether oxygens (including phenoxy) is 2. The molecule has 3 heterocycles. The summed E-state index contributed by atoms with van der Waals surface area (Å²) in [7, 11) is 1.35. The Morgan fingerprint density at radius 3 is 2.68 bits per heavy atom. The molecule has 1 aromatic heterocycles. The number of nitrogens with zero attached hydrogens (tertiary/aromatic N) is 3. The summed E-state index contributed by atoms with van der Waals surface area (Å²) < 4.78 is 10.1. The molecule has 182 valence electrons. The van der Waals surface area contributed by atoms with Crippen molar-refractivity contribution in [2.45, 2.75) is 18.8 Å². The van der Waals surface area contributed by atoms with E-state index in [1.54, 1.807) is 0 Å². The van der Waals surface area contributed by atoms with Gasteiger partial charge in [-0.25, -0.2) is 4.98 Å². The SMILES string of the molecule is COC(=O)CNC(=S)N1CCC(c2nc(C(=O)Nc3ccccc3N3CCOCC3)cs2)CC1. The Morgan fingerprint density at radius 2 is 1.94 bits per heavy atom. The second kappa shape index (κ2) is 11.6. The molecule has 1 amide bonds. The molecule has 1 aromatic carbocycles. The van der Waals surface area contributed by atoms with Gasteiger partial charge in [-0.1, -0.05) is 12.1 Å². The molecule has 0 bridgehead atoms. The number of esters is 1. The molecule has 2 aliphatic rings. The zero-order valence-corrected chi connectivity index (χ0v) is 20.8. The zero-order chi connectivity index (χ0) is 23.9.